The molecule has 0 fully saturated rings. The number of carbonyl (C=O) groups is 1. The number of anilines is 2. The van der Waals surface area contributed by atoms with Crippen molar-refractivity contribution in [3.63, 3.8) is 0 Å². The summed E-state index contributed by atoms with van der Waals surface area (Å²) in [6.07, 6.45) is 1.42. The number of H-pyrrole nitrogens is 1. The fraction of sp³-hybridized carbons (Fsp3) is 0.200. The van der Waals surface area contributed by atoms with Crippen molar-refractivity contribution < 1.29 is 4.79 Å². The maximum absolute atomic E-state index is 12.0. The van der Waals surface area contributed by atoms with E-state index in [1.54, 1.807) is 0 Å². The molecule has 0 aliphatic rings. The molecular formula is C10H12N6O2. The number of nitrogens with two attached hydrogens (primary N) is 1. The van der Waals surface area contributed by atoms with E-state index in [0.29, 0.717) is 12.2 Å². The number of nitrogens with one attached hydrogen (secondary N) is 2. The predicted molar refractivity (Wildman–Crippen MR) is 65.1 cm³/mol. The average molecular weight is 248 g/mol. The van der Waals surface area contributed by atoms with E-state index in [2.05, 4.69) is 20.6 Å². The third-order valence-electron chi connectivity index (χ3n) is 2.30. The molecule has 0 aliphatic heterocycles. The number of nitrogen functional groups attached to an aromatic ring is 1. The average Bonchev–Trinajstić information content (AvgIpc) is 2.73. The van der Waals surface area contributed by atoms with E-state index >= 15 is 0 Å². The van der Waals surface area contributed by atoms with E-state index in [4.69, 9.17) is 5.73 Å². The molecule has 8 heteroatoms. The van der Waals surface area contributed by atoms with Crippen molar-refractivity contribution in [2.24, 2.45) is 0 Å². The highest BCUT2D eigenvalue weighted by atomic mass is 16.2. The van der Waals surface area contributed by atoms with Crippen LogP contribution in [-0.4, -0.2) is 25.9 Å². The summed E-state index contributed by atoms with van der Waals surface area (Å²) >= 11 is 0. The second kappa shape index (κ2) is 4.70. The summed E-state index contributed by atoms with van der Waals surface area (Å²) in [7, 11) is 0. The first-order chi connectivity index (χ1) is 8.61. The number of nitrogens with zero attached hydrogens (tertiary/aromatic N) is 3. The molecule has 0 unspecified atom stereocenters. The SMILES string of the molecule is CCn1ncc(N)c1C(=O)Nc1ccc(=O)[nH]n1. The molecule has 1 amide bonds. The van der Waals surface area contributed by atoms with Gasteiger partial charge in [0, 0.05) is 12.6 Å². The zero-order valence-electron chi connectivity index (χ0n) is 9.67. The highest BCUT2D eigenvalue weighted by molar-refractivity contribution is 6.05. The van der Waals surface area contributed by atoms with Crippen LogP contribution < -0.4 is 16.6 Å². The standard InChI is InChI=1S/C10H12N6O2/c1-2-16-9(6(11)5-12-16)10(18)13-7-3-4-8(17)15-14-7/h3-5H,2,11H2,1H3,(H,15,17)(H,13,14,18). The van der Waals surface area contributed by atoms with Gasteiger partial charge in [0.2, 0.25) is 0 Å². The number of aromatic amines is 1. The van der Waals surface area contributed by atoms with Crippen LogP contribution in [0.4, 0.5) is 11.5 Å². The van der Waals surface area contributed by atoms with Crippen LogP contribution in [0, 0.1) is 0 Å². The lowest BCUT2D eigenvalue weighted by atomic mass is 10.3. The van der Waals surface area contributed by atoms with Gasteiger partial charge in [-0.05, 0) is 13.0 Å². The second-order valence-electron chi connectivity index (χ2n) is 3.52. The monoisotopic (exact) mass is 248 g/mol. The second-order valence-corrected chi connectivity index (χ2v) is 3.52. The van der Waals surface area contributed by atoms with Gasteiger partial charge in [0.15, 0.2) is 5.82 Å². The van der Waals surface area contributed by atoms with Gasteiger partial charge in [-0.3, -0.25) is 14.3 Å². The maximum atomic E-state index is 12.0. The molecule has 2 heterocycles. The van der Waals surface area contributed by atoms with E-state index in [1.807, 2.05) is 6.92 Å². The van der Waals surface area contributed by atoms with Gasteiger partial charge < -0.3 is 11.1 Å². The minimum atomic E-state index is -0.425. The van der Waals surface area contributed by atoms with Crippen molar-refractivity contribution in [3.8, 4) is 0 Å². The van der Waals surface area contributed by atoms with E-state index in [1.165, 1.54) is 23.0 Å². The first-order valence-electron chi connectivity index (χ1n) is 5.30. The van der Waals surface area contributed by atoms with Crippen LogP contribution in [0.5, 0.6) is 0 Å². The molecule has 0 bridgehead atoms. The fourth-order valence-corrected chi connectivity index (χ4v) is 1.48. The predicted octanol–water partition coefficient (Wildman–Crippen LogP) is -0.179. The molecular weight excluding hydrogens is 236 g/mol. The Bertz CT molecular complexity index is 609. The highest BCUT2D eigenvalue weighted by Gasteiger charge is 2.16. The Morgan fingerprint density at radius 2 is 2.33 bits per heavy atom. The van der Waals surface area contributed by atoms with Gasteiger partial charge in [-0.25, -0.2) is 5.10 Å². The number of carbonyl (C=O) groups excluding carboxylic acids is 1. The Labute approximate surface area is 102 Å². The Morgan fingerprint density at radius 3 is 2.94 bits per heavy atom. The van der Waals surface area contributed by atoms with Crippen LogP contribution in [0.3, 0.4) is 0 Å². The van der Waals surface area contributed by atoms with Gasteiger partial charge in [-0.1, -0.05) is 0 Å². The van der Waals surface area contributed by atoms with Crippen LogP contribution in [0.1, 0.15) is 17.4 Å². The van der Waals surface area contributed by atoms with Gasteiger partial charge >= 0.3 is 0 Å². The summed E-state index contributed by atoms with van der Waals surface area (Å²) < 4.78 is 1.48. The topological polar surface area (TPSA) is 119 Å². The van der Waals surface area contributed by atoms with Gasteiger partial charge in [0.25, 0.3) is 11.5 Å². The summed E-state index contributed by atoms with van der Waals surface area (Å²) in [5.41, 5.74) is 5.89. The van der Waals surface area contributed by atoms with Gasteiger partial charge in [-0.15, -0.1) is 0 Å². The lowest BCUT2D eigenvalue weighted by molar-refractivity contribution is 0.101. The molecule has 4 N–H and O–H groups in total. The Hall–Kier alpha value is -2.64. The Kier molecular flexibility index (Phi) is 3.09. The van der Waals surface area contributed by atoms with Crippen LogP contribution in [0.15, 0.2) is 23.1 Å². The third kappa shape index (κ3) is 2.21. The number of amides is 1. The largest absolute Gasteiger partial charge is 0.396 e. The number of rotatable bonds is 3. The minimum absolute atomic E-state index is 0.239. The van der Waals surface area contributed by atoms with Crippen LogP contribution >= 0.6 is 0 Å². The van der Waals surface area contributed by atoms with Crippen molar-refractivity contribution in [3.05, 3.63) is 34.4 Å². The number of aromatic nitrogens is 4. The molecule has 2 rings (SSSR count). The molecule has 0 saturated heterocycles. The van der Waals surface area contributed by atoms with Crippen molar-refractivity contribution in [1.82, 2.24) is 20.0 Å². The minimum Gasteiger partial charge on any atom is -0.396 e. The summed E-state index contributed by atoms with van der Waals surface area (Å²) in [5.74, 6) is -0.186. The molecule has 0 saturated carbocycles. The fourth-order valence-electron chi connectivity index (χ4n) is 1.48. The molecule has 2 aromatic rings. The number of hydrogen-bond acceptors (Lipinski definition) is 5. The first-order valence-corrected chi connectivity index (χ1v) is 5.30. The number of hydrogen-bond donors (Lipinski definition) is 3. The van der Waals surface area contributed by atoms with Crippen LogP contribution in [0.2, 0.25) is 0 Å². The molecule has 0 aliphatic carbocycles. The van der Waals surface area contributed by atoms with E-state index in [0.717, 1.165) is 0 Å². The van der Waals surface area contributed by atoms with Gasteiger partial charge in [0.05, 0.1) is 11.9 Å². The molecule has 8 nitrogen and oxygen atoms in total. The molecule has 0 radical (unpaired) electrons. The molecule has 94 valence electrons. The normalized spacial score (nSPS) is 10.3. The van der Waals surface area contributed by atoms with E-state index in [9.17, 15) is 9.59 Å². The Balaban J connectivity index is 2.24. The Morgan fingerprint density at radius 1 is 1.56 bits per heavy atom. The molecule has 0 spiro atoms. The zero-order chi connectivity index (χ0) is 13.1. The first kappa shape index (κ1) is 11.8. The number of aryl methyl sites for hydroxylation is 1. The van der Waals surface area contributed by atoms with Crippen molar-refractivity contribution in [1.29, 1.82) is 0 Å². The van der Waals surface area contributed by atoms with Gasteiger partial charge in [-0.2, -0.15) is 10.2 Å². The molecule has 2 aromatic heterocycles. The zero-order valence-corrected chi connectivity index (χ0v) is 9.67. The van der Waals surface area contributed by atoms with Crippen molar-refractivity contribution in [2.45, 2.75) is 13.5 Å². The summed E-state index contributed by atoms with van der Waals surface area (Å²) in [6.45, 7) is 2.38. The molecule has 18 heavy (non-hydrogen) atoms. The van der Waals surface area contributed by atoms with E-state index < -0.39 is 5.91 Å². The smallest absolute Gasteiger partial charge is 0.277 e. The maximum Gasteiger partial charge on any atom is 0.277 e. The lowest BCUT2D eigenvalue weighted by Gasteiger charge is -2.06. The molecule has 0 aromatic carbocycles. The van der Waals surface area contributed by atoms with E-state index in [-0.39, 0.29) is 17.1 Å². The molecule has 0 atom stereocenters. The summed E-state index contributed by atoms with van der Waals surface area (Å²) in [5, 5.41) is 12.4. The van der Waals surface area contributed by atoms with Crippen LogP contribution in [-0.2, 0) is 6.54 Å². The van der Waals surface area contributed by atoms with Gasteiger partial charge in [0.1, 0.15) is 5.69 Å². The highest BCUT2D eigenvalue weighted by Crippen LogP contribution is 2.12. The third-order valence-corrected chi connectivity index (χ3v) is 2.30. The van der Waals surface area contributed by atoms with Crippen molar-refractivity contribution >= 4 is 17.4 Å². The summed E-state index contributed by atoms with van der Waals surface area (Å²) in [4.78, 5) is 22.8. The lowest BCUT2D eigenvalue weighted by Crippen LogP contribution is -2.20. The van der Waals surface area contributed by atoms with Crippen molar-refractivity contribution in [2.75, 3.05) is 11.1 Å². The van der Waals surface area contributed by atoms with Crippen LogP contribution in [0.25, 0.3) is 0 Å². The summed E-state index contributed by atoms with van der Waals surface area (Å²) in [6, 6.07) is 2.67. The quantitative estimate of drug-likeness (QED) is 0.696.